The van der Waals surface area contributed by atoms with Crippen LogP contribution in [0.25, 0.3) is 0 Å². The highest BCUT2D eigenvalue weighted by Gasteiger charge is 2.39. The number of rotatable bonds is 4. The third kappa shape index (κ3) is 3.17. The van der Waals surface area contributed by atoms with Crippen LogP contribution in [0, 0.1) is 11.8 Å². The Labute approximate surface area is 131 Å². The molecule has 2 atom stereocenters. The van der Waals surface area contributed by atoms with Crippen molar-refractivity contribution in [1.29, 1.82) is 0 Å². The van der Waals surface area contributed by atoms with Crippen molar-refractivity contribution in [2.45, 2.75) is 37.5 Å². The van der Waals surface area contributed by atoms with Crippen LogP contribution in [0.1, 0.15) is 32.6 Å². The Morgan fingerprint density at radius 3 is 2.55 bits per heavy atom. The normalized spacial score (nSPS) is 25.7. The number of piperidine rings is 1. The van der Waals surface area contributed by atoms with Gasteiger partial charge in [0.2, 0.25) is 15.9 Å². The van der Waals surface area contributed by atoms with E-state index in [9.17, 15) is 13.2 Å². The van der Waals surface area contributed by atoms with Crippen molar-refractivity contribution >= 4 is 21.6 Å². The van der Waals surface area contributed by atoms with E-state index in [0.717, 1.165) is 25.7 Å². The van der Waals surface area contributed by atoms with Gasteiger partial charge in [0.05, 0.1) is 4.90 Å². The first-order valence-corrected chi connectivity index (χ1v) is 9.33. The molecule has 2 fully saturated rings. The summed E-state index contributed by atoms with van der Waals surface area (Å²) in [5.41, 5.74) is 0.558. The maximum absolute atomic E-state index is 12.6. The molecule has 2 aliphatic rings. The Morgan fingerprint density at radius 2 is 1.91 bits per heavy atom. The van der Waals surface area contributed by atoms with E-state index in [1.807, 2.05) is 6.92 Å². The lowest BCUT2D eigenvalue weighted by atomic mass is 10.2. The summed E-state index contributed by atoms with van der Waals surface area (Å²) in [5, 5.41) is 2.83. The maximum Gasteiger partial charge on any atom is 0.243 e. The predicted molar refractivity (Wildman–Crippen MR) is 85.0 cm³/mol. The van der Waals surface area contributed by atoms with Gasteiger partial charge in [0.1, 0.15) is 0 Å². The van der Waals surface area contributed by atoms with Gasteiger partial charge < -0.3 is 5.32 Å². The van der Waals surface area contributed by atoms with Gasteiger partial charge in [0.25, 0.3) is 0 Å². The summed E-state index contributed by atoms with van der Waals surface area (Å²) in [6.45, 7) is 3.21. The standard InChI is InChI=1S/C16H22N2O3S/c1-12-10-15(12)16(19)17-13-6-5-7-14(11-13)22(20,21)18-8-3-2-4-9-18/h5-7,11-12,15H,2-4,8-10H2,1H3,(H,17,19)/t12-,15-/m1/s1. The Morgan fingerprint density at radius 1 is 1.23 bits per heavy atom. The topological polar surface area (TPSA) is 66.5 Å². The van der Waals surface area contributed by atoms with E-state index in [0.29, 0.717) is 24.7 Å². The molecule has 1 aliphatic heterocycles. The zero-order valence-corrected chi connectivity index (χ0v) is 13.6. The van der Waals surface area contributed by atoms with Crippen LogP contribution in [-0.2, 0) is 14.8 Å². The van der Waals surface area contributed by atoms with E-state index in [4.69, 9.17) is 0 Å². The Kier molecular flexibility index (Phi) is 4.23. The fourth-order valence-electron chi connectivity index (χ4n) is 2.91. The average Bonchev–Trinajstić information content (AvgIpc) is 3.25. The van der Waals surface area contributed by atoms with Crippen molar-refractivity contribution in [3.05, 3.63) is 24.3 Å². The number of carbonyl (C=O) groups is 1. The Balaban J connectivity index is 1.76. The van der Waals surface area contributed by atoms with Gasteiger partial charge in [-0.2, -0.15) is 4.31 Å². The van der Waals surface area contributed by atoms with Gasteiger partial charge in [0, 0.05) is 24.7 Å². The van der Waals surface area contributed by atoms with E-state index >= 15 is 0 Å². The monoisotopic (exact) mass is 322 g/mol. The lowest BCUT2D eigenvalue weighted by Crippen LogP contribution is -2.35. The smallest absolute Gasteiger partial charge is 0.243 e. The molecule has 1 saturated heterocycles. The third-order valence-electron chi connectivity index (χ3n) is 4.50. The van der Waals surface area contributed by atoms with E-state index < -0.39 is 10.0 Å². The molecule has 6 heteroatoms. The highest BCUT2D eigenvalue weighted by atomic mass is 32.2. The fourth-order valence-corrected chi connectivity index (χ4v) is 4.47. The van der Waals surface area contributed by atoms with E-state index in [1.54, 1.807) is 28.6 Å². The maximum atomic E-state index is 12.6. The molecule has 1 saturated carbocycles. The molecule has 1 amide bonds. The molecule has 0 radical (unpaired) electrons. The van der Waals surface area contributed by atoms with Crippen molar-refractivity contribution < 1.29 is 13.2 Å². The number of anilines is 1. The van der Waals surface area contributed by atoms with Crippen LogP contribution in [0.4, 0.5) is 5.69 Å². The van der Waals surface area contributed by atoms with Gasteiger partial charge in [-0.15, -0.1) is 0 Å². The van der Waals surface area contributed by atoms with Gasteiger partial charge in [-0.1, -0.05) is 19.4 Å². The largest absolute Gasteiger partial charge is 0.326 e. The number of benzene rings is 1. The summed E-state index contributed by atoms with van der Waals surface area (Å²) in [6, 6.07) is 6.58. The number of hydrogen-bond donors (Lipinski definition) is 1. The first kappa shape index (κ1) is 15.5. The molecule has 1 aromatic carbocycles. The number of amides is 1. The zero-order chi connectivity index (χ0) is 15.7. The van der Waals surface area contributed by atoms with Crippen LogP contribution >= 0.6 is 0 Å². The number of carbonyl (C=O) groups excluding carboxylic acids is 1. The van der Waals surface area contributed by atoms with Crippen LogP contribution < -0.4 is 5.32 Å². The number of sulfonamides is 1. The Bertz CT molecular complexity index is 666. The molecule has 1 N–H and O–H groups in total. The molecule has 5 nitrogen and oxygen atoms in total. The SMILES string of the molecule is C[C@@H]1C[C@H]1C(=O)Nc1cccc(S(=O)(=O)N2CCCCC2)c1. The molecule has 0 spiro atoms. The molecule has 3 rings (SSSR count). The summed E-state index contributed by atoms with van der Waals surface area (Å²) in [7, 11) is -3.45. The predicted octanol–water partition coefficient (Wildman–Crippen LogP) is 2.46. The van der Waals surface area contributed by atoms with E-state index in [1.165, 1.54) is 0 Å². The third-order valence-corrected chi connectivity index (χ3v) is 6.40. The van der Waals surface area contributed by atoms with Crippen LogP contribution in [0.5, 0.6) is 0 Å². The second-order valence-electron chi connectivity index (χ2n) is 6.30. The van der Waals surface area contributed by atoms with Crippen molar-refractivity contribution in [3.8, 4) is 0 Å². The van der Waals surface area contributed by atoms with Gasteiger partial charge >= 0.3 is 0 Å². The van der Waals surface area contributed by atoms with Crippen LogP contribution in [0.2, 0.25) is 0 Å². The molecule has 1 heterocycles. The second-order valence-corrected chi connectivity index (χ2v) is 8.24. The molecule has 22 heavy (non-hydrogen) atoms. The van der Waals surface area contributed by atoms with Crippen molar-refractivity contribution in [3.63, 3.8) is 0 Å². The fraction of sp³-hybridized carbons (Fsp3) is 0.562. The number of hydrogen-bond acceptors (Lipinski definition) is 3. The average molecular weight is 322 g/mol. The van der Waals surface area contributed by atoms with Crippen LogP contribution in [0.15, 0.2) is 29.2 Å². The lowest BCUT2D eigenvalue weighted by molar-refractivity contribution is -0.117. The summed E-state index contributed by atoms with van der Waals surface area (Å²) in [4.78, 5) is 12.2. The Hall–Kier alpha value is -1.40. The van der Waals surface area contributed by atoms with Crippen LogP contribution in [0.3, 0.4) is 0 Å². The molecular formula is C16H22N2O3S. The highest BCUT2D eigenvalue weighted by Crippen LogP contribution is 2.38. The summed E-state index contributed by atoms with van der Waals surface area (Å²) >= 11 is 0. The number of nitrogens with zero attached hydrogens (tertiary/aromatic N) is 1. The molecule has 1 aromatic rings. The molecule has 120 valence electrons. The molecule has 1 aliphatic carbocycles. The highest BCUT2D eigenvalue weighted by molar-refractivity contribution is 7.89. The van der Waals surface area contributed by atoms with Crippen LogP contribution in [-0.4, -0.2) is 31.7 Å². The van der Waals surface area contributed by atoms with Gasteiger partial charge in [-0.3, -0.25) is 4.79 Å². The first-order valence-electron chi connectivity index (χ1n) is 7.89. The summed E-state index contributed by atoms with van der Waals surface area (Å²) in [5.74, 6) is 0.489. The van der Waals surface area contributed by atoms with Gasteiger partial charge in [0.15, 0.2) is 0 Å². The van der Waals surface area contributed by atoms with Crippen molar-refractivity contribution in [2.24, 2.45) is 11.8 Å². The van der Waals surface area contributed by atoms with Crippen molar-refractivity contribution in [1.82, 2.24) is 4.31 Å². The lowest BCUT2D eigenvalue weighted by Gasteiger charge is -2.26. The summed E-state index contributed by atoms with van der Waals surface area (Å²) < 4.78 is 26.8. The van der Waals surface area contributed by atoms with Crippen molar-refractivity contribution in [2.75, 3.05) is 18.4 Å². The molecule has 0 unspecified atom stereocenters. The van der Waals surface area contributed by atoms with E-state index in [-0.39, 0.29) is 16.7 Å². The molecule has 0 aromatic heterocycles. The minimum atomic E-state index is -3.45. The molecular weight excluding hydrogens is 300 g/mol. The second kappa shape index (κ2) is 6.01. The minimum Gasteiger partial charge on any atom is -0.326 e. The van der Waals surface area contributed by atoms with Gasteiger partial charge in [-0.05, 0) is 43.4 Å². The summed E-state index contributed by atoms with van der Waals surface area (Å²) in [6.07, 6.45) is 3.82. The van der Waals surface area contributed by atoms with Gasteiger partial charge in [-0.25, -0.2) is 8.42 Å². The quantitative estimate of drug-likeness (QED) is 0.926. The zero-order valence-electron chi connectivity index (χ0n) is 12.8. The number of nitrogens with one attached hydrogen (secondary N) is 1. The minimum absolute atomic E-state index is 0.0139. The molecule has 0 bridgehead atoms. The van der Waals surface area contributed by atoms with E-state index in [2.05, 4.69) is 5.32 Å². The first-order chi connectivity index (χ1) is 10.5.